The Labute approximate surface area is 112 Å². The van der Waals surface area contributed by atoms with E-state index in [0.29, 0.717) is 24.1 Å². The van der Waals surface area contributed by atoms with Crippen LogP contribution in [0.15, 0.2) is 24.3 Å². The van der Waals surface area contributed by atoms with Crippen LogP contribution < -0.4 is 5.32 Å². The Kier molecular flexibility index (Phi) is 4.50. The topological polar surface area (TPSA) is 75.4 Å². The van der Waals surface area contributed by atoms with E-state index in [0.717, 1.165) is 6.42 Å². The van der Waals surface area contributed by atoms with E-state index in [1.807, 2.05) is 0 Å². The third kappa shape index (κ3) is 3.52. The van der Waals surface area contributed by atoms with Crippen LogP contribution in [0.4, 0.5) is 5.69 Å². The summed E-state index contributed by atoms with van der Waals surface area (Å²) in [5, 5.41) is 24.0. The molecule has 5 heteroatoms. The molecule has 0 radical (unpaired) electrons. The first-order valence-corrected chi connectivity index (χ1v) is 6.73. The third-order valence-electron chi connectivity index (χ3n) is 3.92. The fourth-order valence-corrected chi connectivity index (χ4v) is 2.65. The van der Waals surface area contributed by atoms with Crippen LogP contribution in [0.25, 0.3) is 0 Å². The summed E-state index contributed by atoms with van der Waals surface area (Å²) in [7, 11) is 0. The molecule has 1 aliphatic rings. The molecular weight excluding hydrogens is 244 g/mol. The summed E-state index contributed by atoms with van der Waals surface area (Å²) in [5.41, 5.74) is 0.761. The van der Waals surface area contributed by atoms with Gasteiger partial charge in [-0.15, -0.1) is 0 Å². The Bertz CT molecular complexity index is 433. The fourth-order valence-electron chi connectivity index (χ4n) is 2.65. The molecule has 3 unspecified atom stereocenters. The Morgan fingerprint density at radius 3 is 2.63 bits per heavy atom. The largest absolute Gasteiger partial charge is 0.387 e. The SMILES string of the molecule is CC1CCCC1NCC(O)c1ccc([N+](=O)[O-])cc1. The number of hydrogen-bond donors (Lipinski definition) is 2. The first kappa shape index (κ1) is 14.0. The summed E-state index contributed by atoms with van der Waals surface area (Å²) in [4.78, 5) is 10.1. The predicted octanol–water partition coefficient (Wildman–Crippen LogP) is 2.41. The van der Waals surface area contributed by atoms with E-state index >= 15 is 0 Å². The summed E-state index contributed by atoms with van der Waals surface area (Å²) in [5.74, 6) is 0.657. The number of nitro groups is 1. The molecule has 0 heterocycles. The lowest BCUT2D eigenvalue weighted by Gasteiger charge is -2.20. The highest BCUT2D eigenvalue weighted by molar-refractivity contribution is 5.33. The molecule has 3 atom stereocenters. The molecular formula is C14H20N2O3. The Balaban J connectivity index is 1.88. The van der Waals surface area contributed by atoms with Crippen LogP contribution in [0.2, 0.25) is 0 Å². The van der Waals surface area contributed by atoms with E-state index in [1.165, 1.54) is 25.0 Å². The fraction of sp³-hybridized carbons (Fsp3) is 0.571. The van der Waals surface area contributed by atoms with Crippen LogP contribution in [0, 0.1) is 16.0 Å². The van der Waals surface area contributed by atoms with Gasteiger partial charge in [-0.2, -0.15) is 0 Å². The standard InChI is InChI=1S/C14H20N2O3/c1-10-3-2-4-13(10)15-9-14(17)11-5-7-12(8-6-11)16(18)19/h5-8,10,13-15,17H,2-4,9H2,1H3. The summed E-state index contributed by atoms with van der Waals surface area (Å²) < 4.78 is 0. The Morgan fingerprint density at radius 1 is 1.42 bits per heavy atom. The van der Waals surface area contributed by atoms with Gasteiger partial charge in [0.15, 0.2) is 0 Å². The minimum atomic E-state index is -0.617. The summed E-state index contributed by atoms with van der Waals surface area (Å²) >= 11 is 0. The van der Waals surface area contributed by atoms with Crippen LogP contribution in [-0.4, -0.2) is 22.6 Å². The van der Waals surface area contributed by atoms with E-state index in [9.17, 15) is 15.2 Å². The number of nitrogens with one attached hydrogen (secondary N) is 1. The van der Waals surface area contributed by atoms with Crippen molar-refractivity contribution < 1.29 is 10.0 Å². The average Bonchev–Trinajstić information content (AvgIpc) is 2.81. The molecule has 5 nitrogen and oxygen atoms in total. The van der Waals surface area contributed by atoms with Crippen molar-refractivity contribution in [3.63, 3.8) is 0 Å². The van der Waals surface area contributed by atoms with Crippen molar-refractivity contribution in [2.45, 2.75) is 38.3 Å². The number of non-ortho nitro benzene ring substituents is 1. The number of rotatable bonds is 5. The van der Waals surface area contributed by atoms with Gasteiger partial charge in [0.1, 0.15) is 0 Å². The maximum absolute atomic E-state index is 10.5. The minimum absolute atomic E-state index is 0.0494. The highest BCUT2D eigenvalue weighted by Gasteiger charge is 2.23. The zero-order chi connectivity index (χ0) is 13.8. The van der Waals surface area contributed by atoms with Crippen molar-refractivity contribution in [2.75, 3.05) is 6.54 Å². The minimum Gasteiger partial charge on any atom is -0.387 e. The second-order valence-electron chi connectivity index (χ2n) is 5.29. The van der Waals surface area contributed by atoms with Crippen LogP contribution in [0.5, 0.6) is 0 Å². The van der Waals surface area contributed by atoms with E-state index in [-0.39, 0.29) is 5.69 Å². The second-order valence-corrected chi connectivity index (χ2v) is 5.29. The van der Waals surface area contributed by atoms with Gasteiger partial charge >= 0.3 is 0 Å². The highest BCUT2D eigenvalue weighted by atomic mass is 16.6. The molecule has 0 spiro atoms. The summed E-state index contributed by atoms with van der Waals surface area (Å²) in [6, 6.07) is 6.56. The quantitative estimate of drug-likeness (QED) is 0.632. The molecule has 1 aromatic carbocycles. The van der Waals surface area contributed by atoms with Crippen LogP contribution in [0.3, 0.4) is 0 Å². The summed E-state index contributed by atoms with van der Waals surface area (Å²) in [6.45, 7) is 2.72. The molecule has 0 bridgehead atoms. The molecule has 1 aromatic rings. The molecule has 104 valence electrons. The number of hydrogen-bond acceptors (Lipinski definition) is 4. The molecule has 0 saturated heterocycles. The smallest absolute Gasteiger partial charge is 0.269 e. The first-order valence-electron chi connectivity index (χ1n) is 6.73. The lowest BCUT2D eigenvalue weighted by atomic mass is 10.0. The van der Waals surface area contributed by atoms with Gasteiger partial charge in [0.2, 0.25) is 0 Å². The van der Waals surface area contributed by atoms with Crippen LogP contribution in [-0.2, 0) is 0 Å². The van der Waals surface area contributed by atoms with Crippen molar-refractivity contribution in [3.05, 3.63) is 39.9 Å². The van der Waals surface area contributed by atoms with E-state index in [4.69, 9.17) is 0 Å². The molecule has 2 N–H and O–H groups in total. The molecule has 1 aliphatic carbocycles. The van der Waals surface area contributed by atoms with Gasteiger partial charge in [0.05, 0.1) is 11.0 Å². The van der Waals surface area contributed by atoms with Crippen LogP contribution in [0.1, 0.15) is 37.9 Å². The average molecular weight is 264 g/mol. The molecule has 1 fully saturated rings. The molecule has 0 aliphatic heterocycles. The lowest BCUT2D eigenvalue weighted by Crippen LogP contribution is -2.34. The van der Waals surface area contributed by atoms with Gasteiger partial charge in [0, 0.05) is 24.7 Å². The monoisotopic (exact) mass is 264 g/mol. The molecule has 19 heavy (non-hydrogen) atoms. The lowest BCUT2D eigenvalue weighted by molar-refractivity contribution is -0.384. The zero-order valence-corrected chi connectivity index (χ0v) is 11.1. The maximum Gasteiger partial charge on any atom is 0.269 e. The van der Waals surface area contributed by atoms with Gasteiger partial charge in [0.25, 0.3) is 5.69 Å². The number of benzene rings is 1. The number of aliphatic hydroxyl groups excluding tert-OH is 1. The van der Waals surface area contributed by atoms with E-state index < -0.39 is 11.0 Å². The van der Waals surface area contributed by atoms with Crippen molar-refractivity contribution in [2.24, 2.45) is 5.92 Å². The number of nitrogens with zero attached hydrogens (tertiary/aromatic N) is 1. The number of aliphatic hydroxyl groups is 1. The van der Waals surface area contributed by atoms with Crippen molar-refractivity contribution >= 4 is 5.69 Å². The molecule has 2 rings (SSSR count). The molecule has 1 saturated carbocycles. The van der Waals surface area contributed by atoms with Gasteiger partial charge in [-0.3, -0.25) is 10.1 Å². The Hall–Kier alpha value is -1.46. The maximum atomic E-state index is 10.5. The first-order chi connectivity index (χ1) is 9.08. The third-order valence-corrected chi connectivity index (χ3v) is 3.92. The molecule has 0 amide bonds. The number of nitro benzene ring substituents is 1. The van der Waals surface area contributed by atoms with Gasteiger partial charge in [-0.05, 0) is 36.5 Å². The van der Waals surface area contributed by atoms with Crippen molar-refractivity contribution in [1.29, 1.82) is 0 Å². The zero-order valence-electron chi connectivity index (χ0n) is 11.1. The molecule has 0 aromatic heterocycles. The summed E-state index contributed by atoms with van der Waals surface area (Å²) in [6.07, 6.45) is 3.03. The van der Waals surface area contributed by atoms with Gasteiger partial charge < -0.3 is 10.4 Å². The Morgan fingerprint density at radius 2 is 2.11 bits per heavy atom. The van der Waals surface area contributed by atoms with Gasteiger partial charge in [-0.25, -0.2) is 0 Å². The normalized spacial score (nSPS) is 24.3. The van der Waals surface area contributed by atoms with Gasteiger partial charge in [-0.1, -0.05) is 13.3 Å². The van der Waals surface area contributed by atoms with Crippen LogP contribution >= 0.6 is 0 Å². The predicted molar refractivity (Wildman–Crippen MR) is 72.9 cm³/mol. The van der Waals surface area contributed by atoms with Crippen molar-refractivity contribution in [3.8, 4) is 0 Å². The van der Waals surface area contributed by atoms with E-state index in [2.05, 4.69) is 12.2 Å². The highest BCUT2D eigenvalue weighted by Crippen LogP contribution is 2.25. The second kappa shape index (κ2) is 6.12. The van der Waals surface area contributed by atoms with Crippen molar-refractivity contribution in [1.82, 2.24) is 5.32 Å². The van der Waals surface area contributed by atoms with E-state index in [1.54, 1.807) is 12.1 Å².